The highest BCUT2D eigenvalue weighted by atomic mass is 79.9. The molecule has 0 aromatic heterocycles. The van der Waals surface area contributed by atoms with Crippen molar-refractivity contribution in [2.24, 2.45) is 5.41 Å². The van der Waals surface area contributed by atoms with Crippen LogP contribution in [0.2, 0.25) is 0 Å². The Labute approximate surface area is 136 Å². The van der Waals surface area contributed by atoms with Gasteiger partial charge in [-0.2, -0.15) is 0 Å². The smallest absolute Gasteiger partial charge is 0.407 e. The van der Waals surface area contributed by atoms with Crippen LogP contribution in [0.25, 0.3) is 0 Å². The van der Waals surface area contributed by atoms with Crippen LogP contribution in [0.1, 0.15) is 25.5 Å². The number of carbonyl (C=O) groups is 1. The molecular formula is C12H12Br3NO3. The summed E-state index contributed by atoms with van der Waals surface area (Å²) in [5.41, 5.74) is 0.501. The molecule has 1 atom stereocenters. The second kappa shape index (κ2) is 5.26. The molecule has 4 nitrogen and oxygen atoms in total. The molecule has 104 valence electrons. The van der Waals surface area contributed by atoms with Crippen LogP contribution in [0.15, 0.2) is 19.5 Å². The summed E-state index contributed by atoms with van der Waals surface area (Å²) < 4.78 is 6.95. The van der Waals surface area contributed by atoms with E-state index in [1.165, 1.54) is 0 Å². The number of hydrogen-bond acceptors (Lipinski definition) is 3. The molecule has 0 radical (unpaired) electrons. The van der Waals surface area contributed by atoms with Gasteiger partial charge in [-0.15, -0.1) is 0 Å². The normalized spacial score (nSPS) is 21.7. The predicted molar refractivity (Wildman–Crippen MR) is 82.2 cm³/mol. The largest absolute Gasteiger partial charge is 0.506 e. The van der Waals surface area contributed by atoms with E-state index in [1.54, 1.807) is 6.07 Å². The van der Waals surface area contributed by atoms with Crippen molar-refractivity contribution in [1.29, 1.82) is 0 Å². The van der Waals surface area contributed by atoms with Gasteiger partial charge in [0.2, 0.25) is 0 Å². The first-order valence-corrected chi connectivity index (χ1v) is 7.91. The summed E-state index contributed by atoms with van der Waals surface area (Å²) in [5.74, 6) is 0.106. The molecule has 1 aliphatic heterocycles. The summed E-state index contributed by atoms with van der Waals surface area (Å²) >= 11 is 10.1. The first kappa shape index (κ1) is 15.1. The SMILES string of the molecule is CC1(C)COC(=O)N[C@@H]1c1c(Br)cc(Br)c(O)c1Br. The highest BCUT2D eigenvalue weighted by Gasteiger charge is 2.40. The Balaban J connectivity index is 2.57. The van der Waals surface area contributed by atoms with Crippen molar-refractivity contribution in [3.05, 3.63) is 25.0 Å². The summed E-state index contributed by atoms with van der Waals surface area (Å²) in [5, 5.41) is 12.8. The van der Waals surface area contributed by atoms with Crippen molar-refractivity contribution >= 4 is 53.9 Å². The number of halogens is 3. The number of alkyl carbamates (subject to hydrolysis) is 1. The molecule has 1 aliphatic rings. The van der Waals surface area contributed by atoms with Crippen LogP contribution in [0, 0.1) is 5.41 Å². The van der Waals surface area contributed by atoms with Gasteiger partial charge in [0.15, 0.2) is 0 Å². The first-order chi connectivity index (χ1) is 8.74. The maximum atomic E-state index is 11.5. The van der Waals surface area contributed by atoms with Crippen LogP contribution in [-0.4, -0.2) is 17.8 Å². The van der Waals surface area contributed by atoms with E-state index in [4.69, 9.17) is 4.74 Å². The third-order valence-electron chi connectivity index (χ3n) is 3.09. The number of ether oxygens (including phenoxy) is 1. The average molecular weight is 458 g/mol. The quantitative estimate of drug-likeness (QED) is 0.653. The van der Waals surface area contributed by atoms with Gasteiger partial charge in [-0.25, -0.2) is 4.79 Å². The fourth-order valence-corrected chi connectivity index (χ4v) is 4.59. The molecule has 1 aromatic rings. The van der Waals surface area contributed by atoms with E-state index in [0.29, 0.717) is 15.6 Å². The van der Waals surface area contributed by atoms with Gasteiger partial charge < -0.3 is 15.2 Å². The summed E-state index contributed by atoms with van der Waals surface area (Å²) in [6, 6.07) is 1.49. The minimum atomic E-state index is -0.453. The lowest BCUT2D eigenvalue weighted by atomic mass is 9.80. The van der Waals surface area contributed by atoms with Crippen LogP contribution in [0.4, 0.5) is 4.79 Å². The van der Waals surface area contributed by atoms with E-state index in [0.717, 1.165) is 10.0 Å². The molecule has 2 N–H and O–H groups in total. The molecule has 1 saturated heterocycles. The zero-order valence-corrected chi connectivity index (χ0v) is 15.0. The Kier molecular flexibility index (Phi) is 4.18. The Bertz CT molecular complexity index is 546. The number of phenols is 1. The monoisotopic (exact) mass is 455 g/mol. The Morgan fingerprint density at radius 3 is 2.63 bits per heavy atom. The van der Waals surface area contributed by atoms with Gasteiger partial charge in [-0.3, -0.25) is 0 Å². The van der Waals surface area contributed by atoms with Crippen molar-refractivity contribution in [2.75, 3.05) is 6.61 Å². The minimum Gasteiger partial charge on any atom is -0.506 e. The number of carbonyl (C=O) groups excluding carboxylic acids is 1. The number of rotatable bonds is 1. The second-order valence-electron chi connectivity index (χ2n) is 5.06. The van der Waals surface area contributed by atoms with E-state index in [-0.39, 0.29) is 17.2 Å². The predicted octanol–water partition coefficient (Wildman–Crippen LogP) is 4.49. The van der Waals surface area contributed by atoms with Crippen LogP contribution < -0.4 is 5.32 Å². The van der Waals surface area contributed by atoms with E-state index in [1.807, 2.05) is 13.8 Å². The van der Waals surface area contributed by atoms with E-state index < -0.39 is 6.09 Å². The summed E-state index contributed by atoms with van der Waals surface area (Å²) in [6.07, 6.45) is -0.453. The number of phenolic OH excluding ortho intramolecular Hbond substituents is 1. The molecule has 1 aromatic carbocycles. The average Bonchev–Trinajstić information content (AvgIpc) is 2.31. The van der Waals surface area contributed by atoms with Crippen molar-refractivity contribution in [1.82, 2.24) is 5.32 Å². The molecule has 0 saturated carbocycles. The minimum absolute atomic E-state index is 0.106. The number of aromatic hydroxyl groups is 1. The zero-order valence-electron chi connectivity index (χ0n) is 10.3. The van der Waals surface area contributed by atoms with Crippen LogP contribution in [0.3, 0.4) is 0 Å². The maximum absolute atomic E-state index is 11.5. The number of cyclic esters (lactones) is 1. The van der Waals surface area contributed by atoms with Gasteiger partial charge in [-0.05, 0) is 37.9 Å². The number of benzene rings is 1. The van der Waals surface area contributed by atoms with Crippen LogP contribution >= 0.6 is 47.8 Å². The van der Waals surface area contributed by atoms with Gasteiger partial charge in [0.25, 0.3) is 0 Å². The van der Waals surface area contributed by atoms with Gasteiger partial charge >= 0.3 is 6.09 Å². The standard InChI is InChI=1S/C12H12Br3NO3/c1-12(2)4-19-11(18)16-10(12)7-5(13)3-6(14)9(17)8(7)15/h3,10,17H,4H2,1-2H3,(H,16,18)/t10-/m1/s1. The lowest BCUT2D eigenvalue weighted by Crippen LogP contribution is -2.47. The second-order valence-corrected chi connectivity index (χ2v) is 7.56. The van der Waals surface area contributed by atoms with E-state index in [2.05, 4.69) is 53.1 Å². The Morgan fingerprint density at radius 1 is 1.37 bits per heavy atom. The highest BCUT2D eigenvalue weighted by molar-refractivity contribution is 9.11. The van der Waals surface area contributed by atoms with Crippen molar-refractivity contribution < 1.29 is 14.6 Å². The fraction of sp³-hybridized carbons (Fsp3) is 0.417. The highest BCUT2D eigenvalue weighted by Crippen LogP contribution is 2.47. The molecule has 1 fully saturated rings. The molecule has 0 spiro atoms. The van der Waals surface area contributed by atoms with Gasteiger partial charge in [-0.1, -0.05) is 29.8 Å². The number of amides is 1. The van der Waals surface area contributed by atoms with Crippen molar-refractivity contribution in [3.8, 4) is 5.75 Å². The lowest BCUT2D eigenvalue weighted by Gasteiger charge is -2.39. The van der Waals surface area contributed by atoms with E-state index >= 15 is 0 Å². The third-order valence-corrected chi connectivity index (χ3v) is 5.15. The van der Waals surface area contributed by atoms with E-state index in [9.17, 15) is 9.90 Å². The molecule has 1 heterocycles. The summed E-state index contributed by atoms with van der Waals surface area (Å²) in [6.45, 7) is 4.31. The molecule has 1 amide bonds. The molecule has 2 rings (SSSR count). The molecule has 7 heteroatoms. The Morgan fingerprint density at radius 2 is 2.00 bits per heavy atom. The third kappa shape index (κ3) is 2.78. The lowest BCUT2D eigenvalue weighted by molar-refractivity contribution is 0.0383. The van der Waals surface area contributed by atoms with Crippen molar-refractivity contribution in [3.63, 3.8) is 0 Å². The number of hydrogen-bond donors (Lipinski definition) is 2. The summed E-state index contributed by atoms with van der Waals surface area (Å²) in [7, 11) is 0. The first-order valence-electron chi connectivity index (χ1n) is 5.53. The van der Waals surface area contributed by atoms with Gasteiger partial charge in [0.1, 0.15) is 12.4 Å². The maximum Gasteiger partial charge on any atom is 0.407 e. The van der Waals surface area contributed by atoms with Crippen LogP contribution in [0.5, 0.6) is 5.75 Å². The fourth-order valence-electron chi connectivity index (χ4n) is 2.01. The summed E-state index contributed by atoms with van der Waals surface area (Å²) in [4.78, 5) is 11.5. The molecule has 0 bridgehead atoms. The molecule has 0 unspecified atom stereocenters. The van der Waals surface area contributed by atoms with Crippen LogP contribution in [-0.2, 0) is 4.74 Å². The topological polar surface area (TPSA) is 58.6 Å². The van der Waals surface area contributed by atoms with Gasteiger partial charge in [0.05, 0.1) is 15.0 Å². The molecule has 19 heavy (non-hydrogen) atoms. The Hall–Kier alpha value is -0.270. The van der Waals surface area contributed by atoms with Crippen molar-refractivity contribution in [2.45, 2.75) is 19.9 Å². The molecule has 0 aliphatic carbocycles. The van der Waals surface area contributed by atoms with Gasteiger partial charge in [0, 0.05) is 15.5 Å². The zero-order chi connectivity index (χ0) is 14.4. The number of nitrogens with one attached hydrogen (secondary N) is 1. The molecular weight excluding hydrogens is 446 g/mol.